The number of halogens is 1. The summed E-state index contributed by atoms with van der Waals surface area (Å²) in [6, 6.07) is 16.0. The quantitative estimate of drug-likeness (QED) is 0.221. The number of carbonyl (C=O) groups is 1. The van der Waals surface area contributed by atoms with Crippen LogP contribution in [0.2, 0.25) is 0 Å². The molecule has 7 nitrogen and oxygen atoms in total. The van der Waals surface area contributed by atoms with Crippen LogP contribution in [0.1, 0.15) is 35.7 Å². The van der Waals surface area contributed by atoms with E-state index in [-0.39, 0.29) is 29.9 Å². The SMILES string of the molecule is CCCCNC(=O)c1ccc(CNC(=NC)N2CCN(c3cccc(OC)c3)CC2)cc1.I. The highest BCUT2D eigenvalue weighted by atomic mass is 127. The molecule has 1 saturated heterocycles. The van der Waals surface area contributed by atoms with Crippen LogP contribution in [-0.2, 0) is 6.54 Å². The van der Waals surface area contributed by atoms with E-state index in [1.165, 1.54) is 5.69 Å². The summed E-state index contributed by atoms with van der Waals surface area (Å²) in [5.41, 5.74) is 3.00. The van der Waals surface area contributed by atoms with Gasteiger partial charge in [0.15, 0.2) is 5.96 Å². The number of carbonyl (C=O) groups excluding carboxylic acids is 1. The number of nitrogens with one attached hydrogen (secondary N) is 2. The van der Waals surface area contributed by atoms with Crippen LogP contribution < -0.4 is 20.3 Å². The van der Waals surface area contributed by atoms with Crippen LogP contribution in [0.3, 0.4) is 0 Å². The van der Waals surface area contributed by atoms with E-state index < -0.39 is 0 Å². The van der Waals surface area contributed by atoms with Gasteiger partial charge in [-0.25, -0.2) is 0 Å². The number of anilines is 1. The van der Waals surface area contributed by atoms with Crippen LogP contribution in [0.5, 0.6) is 5.75 Å². The van der Waals surface area contributed by atoms with E-state index in [0.29, 0.717) is 12.1 Å². The van der Waals surface area contributed by atoms with Gasteiger partial charge in [0.1, 0.15) is 5.75 Å². The molecule has 8 heteroatoms. The van der Waals surface area contributed by atoms with Crippen molar-refractivity contribution in [3.05, 3.63) is 59.7 Å². The third kappa shape index (κ3) is 7.80. The van der Waals surface area contributed by atoms with Crippen LogP contribution in [0.4, 0.5) is 5.69 Å². The molecule has 0 spiro atoms. The fourth-order valence-electron chi connectivity index (χ4n) is 3.75. The van der Waals surface area contributed by atoms with Crippen LogP contribution in [0.15, 0.2) is 53.5 Å². The molecule has 0 unspecified atom stereocenters. The zero-order valence-corrected chi connectivity index (χ0v) is 22.2. The highest BCUT2D eigenvalue weighted by Crippen LogP contribution is 2.22. The Morgan fingerprint density at radius 2 is 1.79 bits per heavy atom. The van der Waals surface area contributed by atoms with E-state index in [1.54, 1.807) is 7.11 Å². The van der Waals surface area contributed by atoms with E-state index in [4.69, 9.17) is 4.74 Å². The largest absolute Gasteiger partial charge is 0.497 e. The molecule has 2 aromatic carbocycles. The van der Waals surface area contributed by atoms with Crippen molar-refractivity contribution in [2.45, 2.75) is 26.3 Å². The molecule has 3 rings (SSSR count). The van der Waals surface area contributed by atoms with Crippen molar-refractivity contribution in [1.82, 2.24) is 15.5 Å². The Bertz CT molecular complexity index is 896. The summed E-state index contributed by atoms with van der Waals surface area (Å²) >= 11 is 0. The van der Waals surface area contributed by atoms with Gasteiger partial charge in [0.25, 0.3) is 5.91 Å². The fraction of sp³-hybridized carbons (Fsp3) is 0.440. The van der Waals surface area contributed by atoms with Crippen molar-refractivity contribution in [3.63, 3.8) is 0 Å². The molecule has 0 aromatic heterocycles. The first-order valence-electron chi connectivity index (χ1n) is 11.4. The lowest BCUT2D eigenvalue weighted by Crippen LogP contribution is -2.52. The minimum Gasteiger partial charge on any atom is -0.497 e. The molecule has 0 saturated carbocycles. The van der Waals surface area contributed by atoms with E-state index in [1.807, 2.05) is 43.4 Å². The third-order valence-corrected chi connectivity index (χ3v) is 5.69. The molecule has 1 fully saturated rings. The molecule has 2 aromatic rings. The highest BCUT2D eigenvalue weighted by molar-refractivity contribution is 14.0. The average Bonchev–Trinajstić information content (AvgIpc) is 2.85. The second-order valence-corrected chi connectivity index (χ2v) is 7.88. The number of nitrogens with zero attached hydrogens (tertiary/aromatic N) is 3. The van der Waals surface area contributed by atoms with E-state index in [9.17, 15) is 4.79 Å². The van der Waals surface area contributed by atoms with Gasteiger partial charge in [-0.3, -0.25) is 9.79 Å². The molecular weight excluding hydrogens is 529 g/mol. The summed E-state index contributed by atoms with van der Waals surface area (Å²) < 4.78 is 5.35. The topological polar surface area (TPSA) is 69.2 Å². The smallest absolute Gasteiger partial charge is 0.251 e. The number of hydrogen-bond acceptors (Lipinski definition) is 4. The number of unbranched alkanes of at least 4 members (excludes halogenated alkanes) is 1. The fourth-order valence-corrected chi connectivity index (χ4v) is 3.75. The molecule has 1 heterocycles. The number of rotatable bonds is 8. The van der Waals surface area contributed by atoms with Gasteiger partial charge in [0.2, 0.25) is 0 Å². The second-order valence-electron chi connectivity index (χ2n) is 7.88. The van der Waals surface area contributed by atoms with Gasteiger partial charge in [-0.05, 0) is 36.2 Å². The maximum Gasteiger partial charge on any atom is 0.251 e. The van der Waals surface area contributed by atoms with Gasteiger partial charge in [-0.2, -0.15) is 0 Å². The summed E-state index contributed by atoms with van der Waals surface area (Å²) in [6.07, 6.45) is 2.07. The number of benzene rings is 2. The van der Waals surface area contributed by atoms with Gasteiger partial charge in [0, 0.05) is 63.6 Å². The maximum absolute atomic E-state index is 12.2. The lowest BCUT2D eigenvalue weighted by atomic mass is 10.1. The zero-order valence-electron chi connectivity index (χ0n) is 19.8. The first-order chi connectivity index (χ1) is 15.6. The van der Waals surface area contributed by atoms with Crippen molar-refractivity contribution in [1.29, 1.82) is 0 Å². The summed E-state index contributed by atoms with van der Waals surface area (Å²) in [7, 11) is 3.52. The molecule has 1 amide bonds. The zero-order chi connectivity index (χ0) is 22.8. The highest BCUT2D eigenvalue weighted by Gasteiger charge is 2.20. The Morgan fingerprint density at radius 3 is 2.42 bits per heavy atom. The van der Waals surface area contributed by atoms with Crippen LogP contribution in [-0.4, -0.2) is 63.6 Å². The van der Waals surface area contributed by atoms with E-state index in [2.05, 4.69) is 44.5 Å². The number of hydrogen-bond donors (Lipinski definition) is 2. The van der Waals surface area contributed by atoms with Gasteiger partial charge in [-0.15, -0.1) is 24.0 Å². The molecule has 33 heavy (non-hydrogen) atoms. The summed E-state index contributed by atoms with van der Waals surface area (Å²) in [5, 5.41) is 6.41. The Hall–Kier alpha value is -2.49. The van der Waals surface area contributed by atoms with Crippen LogP contribution in [0.25, 0.3) is 0 Å². The number of amides is 1. The number of piperazine rings is 1. The lowest BCUT2D eigenvalue weighted by Gasteiger charge is -2.37. The normalized spacial score (nSPS) is 13.8. The van der Waals surface area contributed by atoms with Gasteiger partial charge in [0.05, 0.1) is 7.11 Å². The molecule has 180 valence electrons. The Kier molecular flexibility index (Phi) is 11.3. The third-order valence-electron chi connectivity index (χ3n) is 5.69. The van der Waals surface area contributed by atoms with Crippen LogP contribution >= 0.6 is 24.0 Å². The lowest BCUT2D eigenvalue weighted by molar-refractivity contribution is 0.0953. The van der Waals surface area contributed by atoms with Crippen molar-refractivity contribution in [3.8, 4) is 5.75 Å². The predicted molar refractivity (Wildman–Crippen MR) is 146 cm³/mol. The first kappa shape index (κ1) is 26.8. The van der Waals surface area contributed by atoms with Crippen molar-refractivity contribution in [2.75, 3.05) is 51.8 Å². The molecule has 1 aliphatic heterocycles. The molecule has 0 bridgehead atoms. The molecular formula is C25H36IN5O2. The second kappa shape index (κ2) is 13.9. The van der Waals surface area contributed by atoms with E-state index in [0.717, 1.165) is 62.8 Å². The number of guanidine groups is 1. The first-order valence-corrected chi connectivity index (χ1v) is 11.4. The van der Waals surface area contributed by atoms with Crippen molar-refractivity contribution in [2.24, 2.45) is 4.99 Å². The van der Waals surface area contributed by atoms with Gasteiger partial charge >= 0.3 is 0 Å². The summed E-state index contributed by atoms with van der Waals surface area (Å²) in [4.78, 5) is 21.3. The molecule has 1 aliphatic rings. The Morgan fingerprint density at radius 1 is 1.06 bits per heavy atom. The number of aliphatic imine (C=N–C) groups is 1. The molecule has 0 aliphatic carbocycles. The summed E-state index contributed by atoms with van der Waals surface area (Å²) in [6.45, 7) is 7.15. The molecule has 2 N–H and O–H groups in total. The maximum atomic E-state index is 12.2. The van der Waals surface area contributed by atoms with Crippen LogP contribution in [0, 0.1) is 0 Å². The van der Waals surface area contributed by atoms with Gasteiger partial charge < -0.3 is 25.2 Å². The van der Waals surface area contributed by atoms with Gasteiger partial charge in [-0.1, -0.05) is 31.5 Å². The van der Waals surface area contributed by atoms with Crippen molar-refractivity contribution < 1.29 is 9.53 Å². The monoisotopic (exact) mass is 565 g/mol. The predicted octanol–water partition coefficient (Wildman–Crippen LogP) is 3.74. The number of ether oxygens (including phenoxy) is 1. The minimum absolute atomic E-state index is 0. The minimum atomic E-state index is -0.0114. The standard InChI is InChI=1S/C25H35N5O2.HI/c1-4-5-13-27-24(31)21-11-9-20(10-12-21)19-28-25(26-2)30-16-14-29(15-17-30)22-7-6-8-23(18-22)32-3;/h6-12,18H,4-5,13-17,19H2,1-3H3,(H,26,28)(H,27,31);1H. The van der Waals surface area contributed by atoms with Crippen molar-refractivity contribution >= 4 is 41.5 Å². The Balaban J connectivity index is 0.00000385. The summed E-state index contributed by atoms with van der Waals surface area (Å²) in [5.74, 6) is 1.77. The number of methoxy groups -OCH3 is 1. The Labute approximate surface area is 214 Å². The molecule has 0 radical (unpaired) electrons. The average molecular weight is 566 g/mol. The molecule has 0 atom stereocenters. The van der Waals surface area contributed by atoms with E-state index >= 15 is 0 Å².